The highest BCUT2D eigenvalue weighted by molar-refractivity contribution is 7.92. The van der Waals surface area contributed by atoms with Crippen molar-refractivity contribution in [1.29, 1.82) is 0 Å². The largest absolute Gasteiger partial charge is 0.496 e. The van der Waals surface area contributed by atoms with Crippen molar-refractivity contribution in [3.8, 4) is 5.75 Å². The minimum atomic E-state index is -3.27. The number of unbranched alkanes of at least 4 members (excludes halogenated alkanes) is 1. The molecule has 0 bridgehead atoms. The van der Waals surface area contributed by atoms with Crippen molar-refractivity contribution in [3.05, 3.63) is 23.8 Å². The molecule has 0 aliphatic heterocycles. The van der Waals surface area contributed by atoms with E-state index in [-0.39, 0.29) is 11.2 Å². The van der Waals surface area contributed by atoms with Crippen molar-refractivity contribution < 1.29 is 13.2 Å². The maximum Gasteiger partial charge on any atom is 0.232 e. The summed E-state index contributed by atoms with van der Waals surface area (Å²) >= 11 is 0. The zero-order valence-corrected chi connectivity index (χ0v) is 13.8. The van der Waals surface area contributed by atoms with Gasteiger partial charge >= 0.3 is 0 Å². The van der Waals surface area contributed by atoms with Crippen molar-refractivity contribution in [3.63, 3.8) is 0 Å². The normalized spacial score (nSPS) is 12.2. The van der Waals surface area contributed by atoms with Gasteiger partial charge in [0.05, 0.1) is 12.9 Å². The van der Waals surface area contributed by atoms with Crippen molar-refractivity contribution in [2.45, 2.75) is 46.0 Å². The molecular weight excluding hydrogens is 274 g/mol. The van der Waals surface area contributed by atoms with Crippen LogP contribution in [0.1, 0.15) is 46.1 Å². The molecular formula is C15H25NO3S. The lowest BCUT2D eigenvalue weighted by Gasteiger charge is -2.23. The second kappa shape index (κ2) is 6.48. The molecule has 1 aromatic rings. The Labute approximate surface area is 122 Å². The Morgan fingerprint density at radius 3 is 2.40 bits per heavy atom. The van der Waals surface area contributed by atoms with Crippen LogP contribution in [-0.2, 0) is 15.4 Å². The summed E-state index contributed by atoms with van der Waals surface area (Å²) in [4.78, 5) is 0. The monoisotopic (exact) mass is 299 g/mol. The molecule has 0 heterocycles. The van der Waals surface area contributed by atoms with E-state index in [2.05, 4.69) is 25.5 Å². The second-order valence-corrected chi connectivity index (χ2v) is 7.78. The highest BCUT2D eigenvalue weighted by Gasteiger charge is 2.20. The number of sulfonamides is 1. The molecule has 0 radical (unpaired) electrons. The lowest BCUT2D eigenvalue weighted by molar-refractivity contribution is 0.397. The lowest BCUT2D eigenvalue weighted by Crippen LogP contribution is -2.18. The molecule has 0 aliphatic carbocycles. The molecule has 0 amide bonds. The van der Waals surface area contributed by atoms with Crippen LogP contribution in [0.2, 0.25) is 0 Å². The molecule has 1 aromatic carbocycles. The number of benzene rings is 1. The second-order valence-electron chi connectivity index (χ2n) is 5.94. The van der Waals surface area contributed by atoms with Crippen LogP contribution < -0.4 is 9.46 Å². The minimum absolute atomic E-state index is 0.115. The Bertz CT molecular complexity index is 545. The van der Waals surface area contributed by atoms with Gasteiger partial charge in [-0.15, -0.1) is 0 Å². The van der Waals surface area contributed by atoms with Crippen molar-refractivity contribution in [2.75, 3.05) is 17.6 Å². The van der Waals surface area contributed by atoms with Crippen LogP contribution in [-0.4, -0.2) is 21.3 Å². The van der Waals surface area contributed by atoms with Gasteiger partial charge in [0.2, 0.25) is 10.0 Å². The Morgan fingerprint density at radius 1 is 1.25 bits per heavy atom. The summed E-state index contributed by atoms with van der Waals surface area (Å²) in [6.07, 6.45) is 1.52. The van der Waals surface area contributed by atoms with Crippen molar-refractivity contribution >= 4 is 15.7 Å². The summed E-state index contributed by atoms with van der Waals surface area (Å²) in [7, 11) is -1.65. The number of rotatable bonds is 6. The van der Waals surface area contributed by atoms with Gasteiger partial charge in [-0.1, -0.05) is 34.1 Å². The summed E-state index contributed by atoms with van der Waals surface area (Å²) in [6, 6.07) is 5.39. The van der Waals surface area contributed by atoms with Crippen LogP contribution in [0.25, 0.3) is 0 Å². The van der Waals surface area contributed by atoms with Gasteiger partial charge < -0.3 is 4.74 Å². The molecule has 114 valence electrons. The van der Waals surface area contributed by atoms with Crippen molar-refractivity contribution in [2.24, 2.45) is 0 Å². The van der Waals surface area contributed by atoms with Crippen LogP contribution in [0.15, 0.2) is 18.2 Å². The van der Waals surface area contributed by atoms with E-state index in [0.29, 0.717) is 12.1 Å². The lowest BCUT2D eigenvalue weighted by atomic mass is 9.86. The maximum atomic E-state index is 11.9. The number of anilines is 1. The standard InChI is InChI=1S/C15H25NO3S/c1-6-7-10-20(17,18)16-12-8-9-14(19-5)13(11-12)15(2,3)4/h8-9,11,16H,6-7,10H2,1-5H3. The maximum absolute atomic E-state index is 11.9. The van der Waals surface area contributed by atoms with E-state index in [0.717, 1.165) is 17.7 Å². The molecule has 0 unspecified atom stereocenters. The Kier molecular flexibility index (Phi) is 5.45. The fraction of sp³-hybridized carbons (Fsp3) is 0.600. The molecule has 1 rings (SSSR count). The Balaban J connectivity index is 3.04. The van der Waals surface area contributed by atoms with Gasteiger partial charge in [0.1, 0.15) is 5.75 Å². The molecule has 1 N–H and O–H groups in total. The quantitative estimate of drug-likeness (QED) is 0.874. The predicted octanol–water partition coefficient (Wildman–Crippen LogP) is 3.53. The van der Waals surface area contributed by atoms with E-state index < -0.39 is 10.0 Å². The molecule has 0 spiro atoms. The van der Waals surface area contributed by atoms with Crippen LogP contribution in [0.4, 0.5) is 5.69 Å². The third kappa shape index (κ3) is 4.71. The first-order valence-electron chi connectivity index (χ1n) is 6.88. The van der Waals surface area contributed by atoms with E-state index in [9.17, 15) is 8.42 Å². The SMILES string of the molecule is CCCCS(=O)(=O)Nc1ccc(OC)c(C(C)(C)C)c1. The third-order valence-corrected chi connectivity index (χ3v) is 4.42. The summed E-state index contributed by atoms with van der Waals surface area (Å²) in [5.74, 6) is 0.925. The molecule has 0 aliphatic rings. The van der Waals surface area contributed by atoms with Gasteiger partial charge in [0.15, 0.2) is 0 Å². The number of hydrogen-bond donors (Lipinski definition) is 1. The topological polar surface area (TPSA) is 55.4 Å². The summed E-state index contributed by atoms with van der Waals surface area (Å²) in [5, 5.41) is 0. The van der Waals surface area contributed by atoms with Crippen molar-refractivity contribution in [1.82, 2.24) is 0 Å². The number of methoxy groups -OCH3 is 1. The summed E-state index contributed by atoms with van der Waals surface area (Å²) in [6.45, 7) is 8.18. The fourth-order valence-electron chi connectivity index (χ4n) is 1.92. The van der Waals surface area contributed by atoms with Gasteiger partial charge in [-0.05, 0) is 30.0 Å². The molecule has 0 atom stereocenters. The molecule has 20 heavy (non-hydrogen) atoms. The van der Waals surface area contributed by atoms with Crippen LogP contribution in [0.3, 0.4) is 0 Å². The van der Waals surface area contributed by atoms with Gasteiger partial charge in [-0.25, -0.2) is 8.42 Å². The molecule has 0 saturated carbocycles. The number of nitrogens with one attached hydrogen (secondary N) is 1. The Hall–Kier alpha value is -1.23. The first-order chi connectivity index (χ1) is 9.19. The zero-order chi connectivity index (χ0) is 15.4. The zero-order valence-electron chi connectivity index (χ0n) is 13.0. The average Bonchev–Trinajstić information content (AvgIpc) is 2.35. The third-order valence-electron chi connectivity index (χ3n) is 3.05. The Morgan fingerprint density at radius 2 is 1.90 bits per heavy atom. The van der Waals surface area contributed by atoms with Gasteiger partial charge in [-0.3, -0.25) is 4.72 Å². The smallest absolute Gasteiger partial charge is 0.232 e. The van der Waals surface area contributed by atoms with Gasteiger partial charge in [-0.2, -0.15) is 0 Å². The first-order valence-corrected chi connectivity index (χ1v) is 8.54. The van der Waals surface area contributed by atoms with Crippen LogP contribution in [0.5, 0.6) is 5.75 Å². The van der Waals surface area contributed by atoms with Crippen LogP contribution >= 0.6 is 0 Å². The molecule has 0 saturated heterocycles. The van der Waals surface area contributed by atoms with Crippen LogP contribution in [0, 0.1) is 0 Å². The number of hydrogen-bond acceptors (Lipinski definition) is 3. The molecule has 5 heteroatoms. The van der Waals surface area contributed by atoms with Gasteiger partial charge in [0.25, 0.3) is 0 Å². The van der Waals surface area contributed by atoms with E-state index >= 15 is 0 Å². The highest BCUT2D eigenvalue weighted by Crippen LogP contribution is 2.33. The summed E-state index contributed by atoms with van der Waals surface area (Å²) < 4.78 is 31.8. The fourth-order valence-corrected chi connectivity index (χ4v) is 3.18. The minimum Gasteiger partial charge on any atom is -0.496 e. The van der Waals surface area contributed by atoms with E-state index in [1.54, 1.807) is 19.2 Å². The van der Waals surface area contributed by atoms with E-state index in [1.165, 1.54) is 0 Å². The highest BCUT2D eigenvalue weighted by atomic mass is 32.2. The number of ether oxygens (including phenoxy) is 1. The van der Waals surface area contributed by atoms with Gasteiger partial charge in [0, 0.05) is 11.3 Å². The van der Waals surface area contributed by atoms with E-state index in [1.807, 2.05) is 13.0 Å². The molecule has 0 aromatic heterocycles. The molecule has 4 nitrogen and oxygen atoms in total. The average molecular weight is 299 g/mol. The molecule has 0 fully saturated rings. The summed E-state index contributed by atoms with van der Waals surface area (Å²) in [5.41, 5.74) is 1.46. The first kappa shape index (κ1) is 16.8. The van der Waals surface area contributed by atoms with E-state index in [4.69, 9.17) is 4.74 Å². The predicted molar refractivity (Wildman–Crippen MR) is 84.0 cm³/mol.